The zero-order chi connectivity index (χ0) is 11.0. The Morgan fingerprint density at radius 2 is 2.00 bits per heavy atom. The van der Waals surface area contributed by atoms with E-state index in [1.54, 1.807) is 0 Å². The van der Waals surface area contributed by atoms with Gasteiger partial charge in [-0.2, -0.15) is 0 Å². The number of ether oxygens (including phenoxy) is 2. The molecule has 0 saturated carbocycles. The number of rotatable bonds is 7. The zero-order valence-electron chi connectivity index (χ0n) is 9.80. The van der Waals surface area contributed by atoms with Gasteiger partial charge in [-0.25, -0.2) is 0 Å². The SMILES string of the molecule is C#CCOCC(C)(C)OCCC(C)C. The van der Waals surface area contributed by atoms with E-state index in [1.807, 2.05) is 13.8 Å². The van der Waals surface area contributed by atoms with E-state index in [-0.39, 0.29) is 5.60 Å². The molecular weight excluding hydrogens is 176 g/mol. The lowest BCUT2D eigenvalue weighted by Crippen LogP contribution is -2.31. The summed E-state index contributed by atoms with van der Waals surface area (Å²) in [6, 6.07) is 0. The van der Waals surface area contributed by atoms with Crippen LogP contribution in [0.4, 0.5) is 0 Å². The van der Waals surface area contributed by atoms with E-state index in [0.717, 1.165) is 13.0 Å². The summed E-state index contributed by atoms with van der Waals surface area (Å²) in [6.07, 6.45) is 6.16. The van der Waals surface area contributed by atoms with Crippen LogP contribution >= 0.6 is 0 Å². The van der Waals surface area contributed by atoms with Crippen molar-refractivity contribution in [1.29, 1.82) is 0 Å². The Labute approximate surface area is 88.0 Å². The second-order valence-corrected chi connectivity index (χ2v) is 4.49. The van der Waals surface area contributed by atoms with E-state index in [2.05, 4.69) is 19.8 Å². The predicted molar refractivity (Wildman–Crippen MR) is 59.1 cm³/mol. The first-order valence-corrected chi connectivity index (χ1v) is 5.13. The lowest BCUT2D eigenvalue weighted by atomic mass is 10.1. The lowest BCUT2D eigenvalue weighted by Gasteiger charge is -2.25. The second kappa shape index (κ2) is 6.86. The molecule has 0 aliphatic carbocycles. The van der Waals surface area contributed by atoms with Crippen LogP contribution in [0.2, 0.25) is 0 Å². The van der Waals surface area contributed by atoms with Crippen LogP contribution in [0.5, 0.6) is 0 Å². The standard InChI is InChI=1S/C12H22O2/c1-6-8-13-10-12(4,5)14-9-7-11(2)3/h1,11H,7-10H2,2-5H3. The van der Waals surface area contributed by atoms with Gasteiger partial charge in [0.25, 0.3) is 0 Å². The first-order valence-electron chi connectivity index (χ1n) is 5.13. The number of terminal acetylenes is 1. The summed E-state index contributed by atoms with van der Waals surface area (Å²) in [4.78, 5) is 0. The van der Waals surface area contributed by atoms with Crippen molar-refractivity contribution in [3.05, 3.63) is 0 Å². The molecule has 0 N–H and O–H groups in total. The van der Waals surface area contributed by atoms with Crippen molar-refractivity contribution in [2.24, 2.45) is 5.92 Å². The maximum absolute atomic E-state index is 5.69. The van der Waals surface area contributed by atoms with Crippen LogP contribution in [0.3, 0.4) is 0 Å². The Hall–Kier alpha value is -0.520. The van der Waals surface area contributed by atoms with Crippen molar-refractivity contribution < 1.29 is 9.47 Å². The lowest BCUT2D eigenvalue weighted by molar-refractivity contribution is -0.0723. The Morgan fingerprint density at radius 1 is 1.36 bits per heavy atom. The van der Waals surface area contributed by atoms with Gasteiger partial charge in [0.1, 0.15) is 6.61 Å². The highest BCUT2D eigenvalue weighted by molar-refractivity contribution is 4.83. The Bertz CT molecular complexity index is 177. The van der Waals surface area contributed by atoms with E-state index < -0.39 is 0 Å². The zero-order valence-corrected chi connectivity index (χ0v) is 9.80. The van der Waals surface area contributed by atoms with Crippen LogP contribution in [-0.4, -0.2) is 25.4 Å². The summed E-state index contributed by atoms with van der Waals surface area (Å²) in [6.45, 7) is 10.1. The Balaban J connectivity index is 3.56. The molecular formula is C12H22O2. The molecule has 0 fully saturated rings. The molecule has 0 aromatic heterocycles. The van der Waals surface area contributed by atoms with Gasteiger partial charge in [0.2, 0.25) is 0 Å². The highest BCUT2D eigenvalue weighted by Crippen LogP contribution is 2.11. The molecule has 0 atom stereocenters. The van der Waals surface area contributed by atoms with Gasteiger partial charge in [0.15, 0.2) is 0 Å². The third kappa shape index (κ3) is 8.10. The fourth-order valence-electron chi connectivity index (χ4n) is 0.968. The molecule has 82 valence electrons. The van der Waals surface area contributed by atoms with Crippen LogP contribution < -0.4 is 0 Å². The summed E-state index contributed by atoms with van der Waals surface area (Å²) in [5.41, 5.74) is -0.230. The summed E-state index contributed by atoms with van der Waals surface area (Å²) in [5.74, 6) is 3.11. The van der Waals surface area contributed by atoms with Crippen molar-refractivity contribution in [3.8, 4) is 12.3 Å². The summed E-state index contributed by atoms with van der Waals surface area (Å²) in [5, 5.41) is 0. The molecule has 0 amide bonds. The van der Waals surface area contributed by atoms with Gasteiger partial charge in [-0.05, 0) is 26.2 Å². The molecule has 0 heterocycles. The second-order valence-electron chi connectivity index (χ2n) is 4.49. The molecule has 0 aliphatic rings. The molecule has 14 heavy (non-hydrogen) atoms. The first-order chi connectivity index (χ1) is 6.48. The van der Waals surface area contributed by atoms with Gasteiger partial charge in [-0.15, -0.1) is 6.42 Å². The van der Waals surface area contributed by atoms with E-state index in [0.29, 0.717) is 19.1 Å². The first kappa shape index (κ1) is 13.5. The number of hydrogen-bond acceptors (Lipinski definition) is 2. The molecule has 2 heteroatoms. The van der Waals surface area contributed by atoms with Crippen LogP contribution in [-0.2, 0) is 9.47 Å². The predicted octanol–water partition coefficient (Wildman–Crippen LogP) is 2.48. The molecule has 0 radical (unpaired) electrons. The van der Waals surface area contributed by atoms with Crippen LogP contribution in [0.15, 0.2) is 0 Å². The minimum atomic E-state index is -0.230. The fraction of sp³-hybridized carbons (Fsp3) is 0.833. The minimum absolute atomic E-state index is 0.230. The van der Waals surface area contributed by atoms with Gasteiger partial charge in [0, 0.05) is 6.61 Å². The van der Waals surface area contributed by atoms with Crippen LogP contribution in [0.1, 0.15) is 34.1 Å². The van der Waals surface area contributed by atoms with E-state index >= 15 is 0 Å². The molecule has 0 unspecified atom stereocenters. The Kier molecular flexibility index (Phi) is 6.61. The van der Waals surface area contributed by atoms with Gasteiger partial charge in [0.05, 0.1) is 12.2 Å². The molecule has 0 aliphatic heterocycles. The molecule has 0 rings (SSSR count). The third-order valence-corrected chi connectivity index (χ3v) is 1.82. The summed E-state index contributed by atoms with van der Waals surface area (Å²) >= 11 is 0. The van der Waals surface area contributed by atoms with Crippen molar-refractivity contribution >= 4 is 0 Å². The fourth-order valence-corrected chi connectivity index (χ4v) is 0.968. The number of hydrogen-bond donors (Lipinski definition) is 0. The maximum atomic E-state index is 5.69. The van der Waals surface area contributed by atoms with Gasteiger partial charge < -0.3 is 9.47 Å². The average Bonchev–Trinajstić information content (AvgIpc) is 2.03. The normalized spacial score (nSPS) is 11.7. The molecule has 0 aromatic rings. The van der Waals surface area contributed by atoms with Gasteiger partial charge in [-0.3, -0.25) is 0 Å². The average molecular weight is 198 g/mol. The van der Waals surface area contributed by atoms with E-state index in [1.165, 1.54) is 0 Å². The highest BCUT2D eigenvalue weighted by Gasteiger charge is 2.18. The Morgan fingerprint density at radius 3 is 2.50 bits per heavy atom. The summed E-state index contributed by atoms with van der Waals surface area (Å²) < 4.78 is 10.9. The van der Waals surface area contributed by atoms with Crippen molar-refractivity contribution in [2.45, 2.75) is 39.7 Å². The smallest absolute Gasteiger partial charge is 0.107 e. The van der Waals surface area contributed by atoms with E-state index in [4.69, 9.17) is 15.9 Å². The highest BCUT2D eigenvalue weighted by atomic mass is 16.5. The van der Waals surface area contributed by atoms with Gasteiger partial charge in [-0.1, -0.05) is 19.8 Å². The van der Waals surface area contributed by atoms with Crippen LogP contribution in [0.25, 0.3) is 0 Å². The minimum Gasteiger partial charge on any atom is -0.373 e. The van der Waals surface area contributed by atoms with Gasteiger partial charge >= 0.3 is 0 Å². The maximum Gasteiger partial charge on any atom is 0.107 e. The molecule has 0 saturated heterocycles. The monoisotopic (exact) mass is 198 g/mol. The largest absolute Gasteiger partial charge is 0.373 e. The van der Waals surface area contributed by atoms with Crippen LogP contribution in [0, 0.1) is 18.3 Å². The topological polar surface area (TPSA) is 18.5 Å². The van der Waals surface area contributed by atoms with Crippen molar-refractivity contribution in [1.82, 2.24) is 0 Å². The molecule has 0 bridgehead atoms. The van der Waals surface area contributed by atoms with Crippen molar-refractivity contribution in [3.63, 3.8) is 0 Å². The summed E-state index contributed by atoms with van der Waals surface area (Å²) in [7, 11) is 0. The molecule has 0 aromatic carbocycles. The molecule has 0 spiro atoms. The van der Waals surface area contributed by atoms with Crippen molar-refractivity contribution in [2.75, 3.05) is 19.8 Å². The third-order valence-electron chi connectivity index (χ3n) is 1.82. The quantitative estimate of drug-likeness (QED) is 0.462. The van der Waals surface area contributed by atoms with E-state index in [9.17, 15) is 0 Å². The molecule has 2 nitrogen and oxygen atoms in total.